The molecule has 0 aliphatic carbocycles. The van der Waals surface area contributed by atoms with Gasteiger partial charge in [-0.15, -0.1) is 0 Å². The molecule has 0 aliphatic heterocycles. The Bertz CT molecular complexity index is 662. The van der Waals surface area contributed by atoms with Crippen LogP contribution >= 0.6 is 0 Å². The number of hydrogen-bond acceptors (Lipinski definition) is 3. The van der Waals surface area contributed by atoms with Gasteiger partial charge in [-0.1, -0.05) is 48.5 Å². The van der Waals surface area contributed by atoms with Gasteiger partial charge in [0, 0.05) is 5.56 Å². The topological polar surface area (TPSA) is 50.1 Å². The van der Waals surface area contributed by atoms with E-state index in [0.29, 0.717) is 5.69 Å². The van der Waals surface area contributed by atoms with E-state index in [4.69, 9.17) is 0 Å². The number of hydrogen-bond donors (Lipinski definition) is 2. The SMILES string of the molecule is Oc1c(-c2ccccc2)ncn1Nc1ccccc1. The molecule has 1 heterocycles. The number of nitrogens with zero attached hydrogens (tertiary/aromatic N) is 2. The van der Waals surface area contributed by atoms with Crippen LogP contribution in [0.3, 0.4) is 0 Å². The maximum Gasteiger partial charge on any atom is 0.239 e. The van der Waals surface area contributed by atoms with Gasteiger partial charge in [0.2, 0.25) is 5.88 Å². The molecule has 0 unspecified atom stereocenters. The number of aromatic nitrogens is 2. The van der Waals surface area contributed by atoms with Crippen molar-refractivity contribution in [2.75, 3.05) is 5.43 Å². The molecule has 0 aliphatic rings. The van der Waals surface area contributed by atoms with Crippen molar-refractivity contribution in [3.63, 3.8) is 0 Å². The van der Waals surface area contributed by atoms with Crippen molar-refractivity contribution in [3.05, 3.63) is 67.0 Å². The standard InChI is InChI=1S/C15H13N3O/c19-15-14(12-7-3-1-4-8-12)16-11-18(15)17-13-9-5-2-6-10-13/h1-11,17,19H. The Morgan fingerprint density at radius 3 is 2.21 bits per heavy atom. The van der Waals surface area contributed by atoms with Crippen molar-refractivity contribution in [2.45, 2.75) is 0 Å². The van der Waals surface area contributed by atoms with Crippen LogP contribution in [0.1, 0.15) is 0 Å². The van der Waals surface area contributed by atoms with Crippen molar-refractivity contribution in [1.82, 2.24) is 9.66 Å². The molecule has 0 spiro atoms. The summed E-state index contributed by atoms with van der Waals surface area (Å²) in [4.78, 5) is 4.23. The van der Waals surface area contributed by atoms with Gasteiger partial charge in [-0.3, -0.25) is 5.43 Å². The minimum Gasteiger partial charge on any atom is -0.492 e. The molecular weight excluding hydrogens is 238 g/mol. The molecule has 0 amide bonds. The minimum atomic E-state index is 0.0926. The van der Waals surface area contributed by atoms with E-state index in [0.717, 1.165) is 11.3 Å². The third-order valence-electron chi connectivity index (χ3n) is 2.81. The maximum atomic E-state index is 10.2. The van der Waals surface area contributed by atoms with E-state index in [-0.39, 0.29) is 5.88 Å². The summed E-state index contributed by atoms with van der Waals surface area (Å²) in [6.45, 7) is 0. The van der Waals surface area contributed by atoms with Crippen LogP contribution in [0.4, 0.5) is 5.69 Å². The number of benzene rings is 2. The summed E-state index contributed by atoms with van der Waals surface area (Å²) in [5.41, 5.74) is 5.39. The zero-order valence-corrected chi connectivity index (χ0v) is 10.2. The number of nitrogens with one attached hydrogen (secondary N) is 1. The first-order chi connectivity index (χ1) is 9.34. The zero-order chi connectivity index (χ0) is 13.1. The van der Waals surface area contributed by atoms with Crippen LogP contribution in [0.25, 0.3) is 11.3 Å². The fraction of sp³-hybridized carbons (Fsp3) is 0. The van der Waals surface area contributed by atoms with E-state index >= 15 is 0 Å². The Labute approximate surface area is 110 Å². The zero-order valence-electron chi connectivity index (χ0n) is 10.2. The lowest BCUT2D eigenvalue weighted by atomic mass is 10.2. The molecule has 4 heteroatoms. The van der Waals surface area contributed by atoms with E-state index < -0.39 is 0 Å². The fourth-order valence-corrected chi connectivity index (χ4v) is 1.88. The summed E-state index contributed by atoms with van der Waals surface area (Å²) in [7, 11) is 0. The third-order valence-corrected chi connectivity index (χ3v) is 2.81. The quantitative estimate of drug-likeness (QED) is 0.752. The molecule has 3 aromatic rings. The predicted molar refractivity (Wildman–Crippen MR) is 74.8 cm³/mol. The summed E-state index contributed by atoms with van der Waals surface area (Å²) < 4.78 is 1.50. The minimum absolute atomic E-state index is 0.0926. The van der Waals surface area contributed by atoms with Crippen LogP contribution in [0, 0.1) is 0 Å². The summed E-state index contributed by atoms with van der Waals surface area (Å²) in [6, 6.07) is 19.2. The Morgan fingerprint density at radius 2 is 1.53 bits per heavy atom. The lowest BCUT2D eigenvalue weighted by Crippen LogP contribution is -2.06. The molecular formula is C15H13N3O. The van der Waals surface area contributed by atoms with E-state index in [9.17, 15) is 5.11 Å². The van der Waals surface area contributed by atoms with Crippen LogP contribution in [-0.2, 0) is 0 Å². The Morgan fingerprint density at radius 1 is 0.895 bits per heavy atom. The molecule has 0 atom stereocenters. The predicted octanol–water partition coefficient (Wildman–Crippen LogP) is 3.13. The lowest BCUT2D eigenvalue weighted by molar-refractivity contribution is 0.438. The average molecular weight is 251 g/mol. The third kappa shape index (κ3) is 2.28. The van der Waals surface area contributed by atoms with E-state index in [1.807, 2.05) is 60.7 Å². The molecule has 4 nitrogen and oxygen atoms in total. The first-order valence-electron chi connectivity index (χ1n) is 5.98. The Kier molecular flexibility index (Phi) is 2.90. The number of anilines is 1. The number of aromatic hydroxyl groups is 1. The van der Waals surface area contributed by atoms with Crippen molar-refractivity contribution < 1.29 is 5.11 Å². The van der Waals surface area contributed by atoms with Crippen LogP contribution in [0.5, 0.6) is 5.88 Å². The van der Waals surface area contributed by atoms with Crippen molar-refractivity contribution in [3.8, 4) is 17.1 Å². The van der Waals surface area contributed by atoms with Gasteiger partial charge >= 0.3 is 0 Å². The molecule has 0 fully saturated rings. The smallest absolute Gasteiger partial charge is 0.239 e. The molecule has 94 valence electrons. The number of rotatable bonds is 3. The molecule has 3 rings (SSSR count). The van der Waals surface area contributed by atoms with Crippen molar-refractivity contribution in [1.29, 1.82) is 0 Å². The summed E-state index contributed by atoms with van der Waals surface area (Å²) >= 11 is 0. The molecule has 0 saturated heterocycles. The number of para-hydroxylation sites is 1. The summed E-state index contributed by atoms with van der Waals surface area (Å²) in [6.07, 6.45) is 1.56. The number of imidazole rings is 1. The first kappa shape index (κ1) is 11.3. The van der Waals surface area contributed by atoms with Crippen molar-refractivity contribution in [2.24, 2.45) is 0 Å². The van der Waals surface area contributed by atoms with Gasteiger partial charge in [-0.2, -0.15) is 0 Å². The van der Waals surface area contributed by atoms with Crippen LogP contribution in [-0.4, -0.2) is 14.8 Å². The van der Waals surface area contributed by atoms with Gasteiger partial charge in [0.05, 0.1) is 5.69 Å². The van der Waals surface area contributed by atoms with E-state index in [1.54, 1.807) is 6.33 Å². The van der Waals surface area contributed by atoms with Gasteiger partial charge in [-0.25, -0.2) is 9.66 Å². The molecule has 2 aromatic carbocycles. The monoisotopic (exact) mass is 251 g/mol. The maximum absolute atomic E-state index is 10.2. The van der Waals surface area contributed by atoms with Gasteiger partial charge < -0.3 is 5.11 Å². The largest absolute Gasteiger partial charge is 0.492 e. The van der Waals surface area contributed by atoms with Gasteiger partial charge in [0.1, 0.15) is 12.0 Å². The molecule has 2 N–H and O–H groups in total. The highest BCUT2D eigenvalue weighted by molar-refractivity contribution is 5.64. The van der Waals surface area contributed by atoms with E-state index in [1.165, 1.54) is 4.68 Å². The van der Waals surface area contributed by atoms with Gasteiger partial charge in [0.15, 0.2) is 0 Å². The second-order valence-corrected chi connectivity index (χ2v) is 4.13. The molecule has 0 bridgehead atoms. The average Bonchev–Trinajstić information content (AvgIpc) is 2.82. The van der Waals surface area contributed by atoms with E-state index in [2.05, 4.69) is 10.4 Å². The molecule has 0 radical (unpaired) electrons. The molecule has 0 saturated carbocycles. The normalized spacial score (nSPS) is 10.3. The fourth-order valence-electron chi connectivity index (χ4n) is 1.88. The summed E-state index contributed by atoms with van der Waals surface area (Å²) in [5.74, 6) is 0.0926. The molecule has 1 aromatic heterocycles. The molecule has 19 heavy (non-hydrogen) atoms. The van der Waals surface area contributed by atoms with Crippen LogP contribution in [0.2, 0.25) is 0 Å². The Balaban J connectivity index is 1.92. The highest BCUT2D eigenvalue weighted by Crippen LogP contribution is 2.27. The van der Waals surface area contributed by atoms with Crippen molar-refractivity contribution >= 4 is 5.69 Å². The summed E-state index contributed by atoms with van der Waals surface area (Å²) in [5, 5.41) is 10.2. The van der Waals surface area contributed by atoms with Crippen LogP contribution in [0.15, 0.2) is 67.0 Å². The van der Waals surface area contributed by atoms with Gasteiger partial charge in [-0.05, 0) is 12.1 Å². The van der Waals surface area contributed by atoms with Crippen LogP contribution < -0.4 is 5.43 Å². The first-order valence-corrected chi connectivity index (χ1v) is 5.98. The Hall–Kier alpha value is -2.75. The van der Waals surface area contributed by atoms with Gasteiger partial charge in [0.25, 0.3) is 0 Å². The second-order valence-electron chi connectivity index (χ2n) is 4.13. The lowest BCUT2D eigenvalue weighted by Gasteiger charge is -2.07. The second kappa shape index (κ2) is 4.86. The highest BCUT2D eigenvalue weighted by atomic mass is 16.3. The highest BCUT2D eigenvalue weighted by Gasteiger charge is 2.11.